The van der Waals surface area contributed by atoms with E-state index in [-0.39, 0.29) is 12.6 Å². The molecule has 3 unspecified atom stereocenters. The molecule has 0 aromatic heterocycles. The van der Waals surface area contributed by atoms with Gasteiger partial charge in [0.1, 0.15) is 18.5 Å². The molecule has 1 aromatic carbocycles. The lowest BCUT2D eigenvalue weighted by molar-refractivity contribution is 0.104. The summed E-state index contributed by atoms with van der Waals surface area (Å²) in [5.41, 5.74) is 0. The first-order valence-electron chi connectivity index (χ1n) is 6.57. The van der Waals surface area contributed by atoms with Crippen LogP contribution in [0.1, 0.15) is 13.3 Å². The molecule has 2 N–H and O–H groups in total. The number of aliphatic hydroxyl groups excluding tert-OH is 1. The van der Waals surface area contributed by atoms with Gasteiger partial charge in [-0.3, -0.25) is 4.21 Å². The summed E-state index contributed by atoms with van der Waals surface area (Å²) in [5.74, 6) is 1.41. The van der Waals surface area contributed by atoms with Crippen LogP contribution in [0.4, 0.5) is 0 Å². The number of halogens is 1. The molecule has 0 spiro atoms. The molecule has 0 saturated heterocycles. The maximum Gasteiger partial charge on any atom is 0.120 e. The third-order valence-electron chi connectivity index (χ3n) is 2.78. The normalized spacial score (nSPS) is 15.6. The predicted octanol–water partition coefficient (Wildman–Crippen LogP) is 1.94. The van der Waals surface area contributed by atoms with Gasteiger partial charge in [0.15, 0.2) is 0 Å². The van der Waals surface area contributed by atoms with E-state index in [1.54, 1.807) is 6.26 Å². The van der Waals surface area contributed by atoms with Crippen LogP contribution in [0.25, 0.3) is 0 Å². The zero-order valence-corrected chi connectivity index (χ0v) is 14.2. The Kier molecular flexibility index (Phi) is 8.37. The highest BCUT2D eigenvalue weighted by Crippen LogP contribution is 2.17. The standard InChI is InChI=1S/C14H22BrNO3S/c1-11(6-7-20(2)18)16-9-13(17)10-19-14-5-3-4-12(15)8-14/h3-5,8,11,13,16-17H,6-7,9-10H2,1-2H3. The van der Waals surface area contributed by atoms with Gasteiger partial charge in [-0.05, 0) is 31.5 Å². The third-order valence-corrected chi connectivity index (χ3v) is 4.08. The van der Waals surface area contributed by atoms with Crippen molar-refractivity contribution < 1.29 is 14.1 Å². The lowest BCUT2D eigenvalue weighted by Gasteiger charge is -2.17. The summed E-state index contributed by atoms with van der Waals surface area (Å²) >= 11 is 3.37. The molecule has 0 saturated carbocycles. The van der Waals surface area contributed by atoms with Crippen LogP contribution in [-0.2, 0) is 10.8 Å². The molecule has 4 nitrogen and oxygen atoms in total. The van der Waals surface area contributed by atoms with Crippen LogP contribution in [0.5, 0.6) is 5.75 Å². The Hall–Kier alpha value is -0.430. The van der Waals surface area contributed by atoms with Crippen molar-refractivity contribution in [1.82, 2.24) is 5.32 Å². The minimum absolute atomic E-state index is 0.236. The number of hydrogen-bond acceptors (Lipinski definition) is 4. The molecule has 0 aliphatic heterocycles. The number of aliphatic hydroxyl groups is 1. The van der Waals surface area contributed by atoms with E-state index in [4.69, 9.17) is 4.74 Å². The van der Waals surface area contributed by atoms with E-state index in [1.807, 2.05) is 31.2 Å². The fourth-order valence-electron chi connectivity index (χ4n) is 1.59. The van der Waals surface area contributed by atoms with Crippen LogP contribution < -0.4 is 10.1 Å². The molecule has 1 rings (SSSR count). The fourth-order valence-corrected chi connectivity index (χ4v) is 2.65. The maximum absolute atomic E-state index is 11.0. The molecule has 0 aliphatic rings. The Morgan fingerprint density at radius 3 is 2.90 bits per heavy atom. The van der Waals surface area contributed by atoms with E-state index < -0.39 is 16.9 Å². The van der Waals surface area contributed by atoms with Crippen LogP contribution in [0.15, 0.2) is 28.7 Å². The molecule has 0 radical (unpaired) electrons. The van der Waals surface area contributed by atoms with Crippen LogP contribution in [0, 0.1) is 0 Å². The molecule has 6 heteroatoms. The minimum atomic E-state index is -0.763. The summed E-state index contributed by atoms with van der Waals surface area (Å²) < 4.78 is 17.4. The topological polar surface area (TPSA) is 58.6 Å². The van der Waals surface area contributed by atoms with Gasteiger partial charge in [-0.25, -0.2) is 0 Å². The third kappa shape index (κ3) is 7.99. The van der Waals surface area contributed by atoms with Crippen molar-refractivity contribution in [2.24, 2.45) is 0 Å². The molecule has 0 fully saturated rings. The van der Waals surface area contributed by atoms with E-state index in [9.17, 15) is 9.32 Å². The van der Waals surface area contributed by atoms with E-state index in [2.05, 4.69) is 21.2 Å². The molecule has 1 aromatic rings. The molecule has 0 amide bonds. The molecular weight excluding hydrogens is 342 g/mol. The van der Waals surface area contributed by atoms with Crippen LogP contribution >= 0.6 is 15.9 Å². The van der Waals surface area contributed by atoms with Gasteiger partial charge in [0, 0.05) is 39.9 Å². The van der Waals surface area contributed by atoms with Gasteiger partial charge < -0.3 is 15.2 Å². The smallest absolute Gasteiger partial charge is 0.120 e. The lowest BCUT2D eigenvalue weighted by Crippen LogP contribution is -2.37. The van der Waals surface area contributed by atoms with Gasteiger partial charge in [0.05, 0.1) is 0 Å². The van der Waals surface area contributed by atoms with Gasteiger partial charge in [-0.2, -0.15) is 0 Å². The Morgan fingerprint density at radius 1 is 1.50 bits per heavy atom. The lowest BCUT2D eigenvalue weighted by atomic mass is 10.2. The van der Waals surface area contributed by atoms with Gasteiger partial charge in [-0.1, -0.05) is 22.0 Å². The van der Waals surface area contributed by atoms with Crippen molar-refractivity contribution in [3.05, 3.63) is 28.7 Å². The first-order chi connectivity index (χ1) is 9.47. The summed E-state index contributed by atoms with van der Waals surface area (Å²) in [4.78, 5) is 0. The van der Waals surface area contributed by atoms with E-state index in [0.717, 1.165) is 16.6 Å². The van der Waals surface area contributed by atoms with Gasteiger partial charge in [0.25, 0.3) is 0 Å². The summed E-state index contributed by atoms with van der Waals surface area (Å²) in [7, 11) is -0.763. The van der Waals surface area contributed by atoms with E-state index in [0.29, 0.717) is 12.3 Å². The van der Waals surface area contributed by atoms with Crippen molar-refractivity contribution in [1.29, 1.82) is 0 Å². The largest absolute Gasteiger partial charge is 0.491 e. The van der Waals surface area contributed by atoms with Crippen LogP contribution in [-0.4, -0.2) is 46.6 Å². The second-order valence-corrected chi connectivity index (χ2v) is 7.27. The first kappa shape index (κ1) is 17.6. The van der Waals surface area contributed by atoms with Crippen molar-refractivity contribution in [2.45, 2.75) is 25.5 Å². The Morgan fingerprint density at radius 2 is 2.25 bits per heavy atom. The average Bonchev–Trinajstić information content (AvgIpc) is 2.40. The molecule has 0 aliphatic carbocycles. The molecule has 3 atom stereocenters. The summed E-state index contributed by atoms with van der Waals surface area (Å²) in [6.07, 6.45) is 1.97. The summed E-state index contributed by atoms with van der Waals surface area (Å²) in [6.45, 7) is 2.73. The molecular formula is C14H22BrNO3S. The van der Waals surface area contributed by atoms with Crippen molar-refractivity contribution in [3.8, 4) is 5.75 Å². The quantitative estimate of drug-likeness (QED) is 0.703. The van der Waals surface area contributed by atoms with E-state index >= 15 is 0 Å². The Bertz CT molecular complexity index is 431. The minimum Gasteiger partial charge on any atom is -0.491 e. The van der Waals surface area contributed by atoms with E-state index in [1.165, 1.54) is 0 Å². The SMILES string of the molecule is CC(CCS(C)=O)NCC(O)COc1cccc(Br)c1. The number of benzene rings is 1. The first-order valence-corrected chi connectivity index (χ1v) is 9.09. The second kappa shape index (κ2) is 9.50. The average molecular weight is 364 g/mol. The second-order valence-electron chi connectivity index (χ2n) is 4.80. The van der Waals surface area contributed by atoms with Gasteiger partial charge in [0.2, 0.25) is 0 Å². The molecule has 0 bridgehead atoms. The van der Waals surface area contributed by atoms with Crippen LogP contribution in [0.2, 0.25) is 0 Å². The highest BCUT2D eigenvalue weighted by atomic mass is 79.9. The summed E-state index contributed by atoms with van der Waals surface area (Å²) in [6, 6.07) is 7.75. The number of hydrogen-bond donors (Lipinski definition) is 2. The zero-order chi connectivity index (χ0) is 15.0. The van der Waals surface area contributed by atoms with Crippen molar-refractivity contribution in [3.63, 3.8) is 0 Å². The number of nitrogens with one attached hydrogen (secondary N) is 1. The van der Waals surface area contributed by atoms with Crippen molar-refractivity contribution >= 4 is 26.7 Å². The number of rotatable bonds is 9. The highest BCUT2D eigenvalue weighted by Gasteiger charge is 2.08. The maximum atomic E-state index is 11.0. The number of ether oxygens (including phenoxy) is 1. The molecule has 0 heterocycles. The molecule has 20 heavy (non-hydrogen) atoms. The monoisotopic (exact) mass is 363 g/mol. The Balaban J connectivity index is 2.20. The fraction of sp³-hybridized carbons (Fsp3) is 0.571. The van der Waals surface area contributed by atoms with Gasteiger partial charge in [-0.15, -0.1) is 0 Å². The Labute approximate surface area is 131 Å². The molecule has 114 valence electrons. The predicted molar refractivity (Wildman–Crippen MR) is 86.7 cm³/mol. The zero-order valence-electron chi connectivity index (χ0n) is 11.8. The van der Waals surface area contributed by atoms with Gasteiger partial charge >= 0.3 is 0 Å². The highest BCUT2D eigenvalue weighted by molar-refractivity contribution is 9.10. The van der Waals surface area contributed by atoms with Crippen LogP contribution in [0.3, 0.4) is 0 Å². The summed E-state index contributed by atoms with van der Waals surface area (Å²) in [5, 5.41) is 13.1. The van der Waals surface area contributed by atoms with Crippen molar-refractivity contribution in [2.75, 3.05) is 25.2 Å².